The fourth-order valence-electron chi connectivity index (χ4n) is 2.52. The van der Waals surface area contributed by atoms with Gasteiger partial charge in [-0.2, -0.15) is 0 Å². The van der Waals surface area contributed by atoms with Gasteiger partial charge in [-0.3, -0.25) is 0 Å². The Balaban J connectivity index is 1.95. The van der Waals surface area contributed by atoms with Crippen molar-refractivity contribution in [2.24, 2.45) is 11.8 Å². The van der Waals surface area contributed by atoms with Crippen LogP contribution in [0.2, 0.25) is 0 Å². The van der Waals surface area contributed by atoms with Crippen LogP contribution in [0, 0.1) is 18.8 Å². The Hall–Kier alpha value is -1.19. The van der Waals surface area contributed by atoms with Gasteiger partial charge in [0.05, 0.1) is 5.01 Å². The lowest BCUT2D eigenvalue weighted by atomic mass is 9.95. The lowest BCUT2D eigenvalue weighted by molar-refractivity contribution is 0.447. The van der Waals surface area contributed by atoms with Crippen molar-refractivity contribution in [3.05, 3.63) is 52.0 Å². The largest absolute Gasteiger partial charge is 0.316 e. The molecule has 0 fully saturated rings. The predicted octanol–water partition coefficient (Wildman–Crippen LogP) is 4.10. The first-order valence-electron chi connectivity index (χ1n) is 7.79. The van der Waals surface area contributed by atoms with E-state index in [4.69, 9.17) is 0 Å². The van der Waals surface area contributed by atoms with Crippen molar-refractivity contribution in [3.8, 4) is 0 Å². The standard InChI is InChI=1S/C18H26N2S/c1-14(2)11-19-12-17(9-16-7-5-4-6-8-16)10-18-13-20-15(3)21-18/h4-8,13-14,17,19H,9-12H2,1-3H3. The van der Waals surface area contributed by atoms with Crippen molar-refractivity contribution in [1.29, 1.82) is 0 Å². The molecule has 2 rings (SSSR count). The number of aromatic nitrogens is 1. The molecule has 114 valence electrons. The highest BCUT2D eigenvalue weighted by Gasteiger charge is 2.12. The van der Waals surface area contributed by atoms with Crippen LogP contribution in [0.25, 0.3) is 0 Å². The van der Waals surface area contributed by atoms with Crippen molar-refractivity contribution >= 4 is 11.3 Å². The van der Waals surface area contributed by atoms with Crippen LogP contribution in [0.4, 0.5) is 0 Å². The highest BCUT2D eigenvalue weighted by atomic mass is 32.1. The molecule has 0 radical (unpaired) electrons. The first-order valence-corrected chi connectivity index (χ1v) is 8.61. The van der Waals surface area contributed by atoms with Crippen molar-refractivity contribution in [2.45, 2.75) is 33.6 Å². The maximum atomic E-state index is 4.38. The average Bonchev–Trinajstić information content (AvgIpc) is 2.85. The average molecular weight is 302 g/mol. The van der Waals surface area contributed by atoms with Gasteiger partial charge in [0, 0.05) is 11.1 Å². The minimum Gasteiger partial charge on any atom is -0.316 e. The Labute approximate surface area is 132 Å². The summed E-state index contributed by atoms with van der Waals surface area (Å²) in [6, 6.07) is 10.8. The van der Waals surface area contributed by atoms with E-state index >= 15 is 0 Å². The Morgan fingerprint density at radius 3 is 2.48 bits per heavy atom. The smallest absolute Gasteiger partial charge is 0.0896 e. The first-order chi connectivity index (χ1) is 10.1. The summed E-state index contributed by atoms with van der Waals surface area (Å²) in [4.78, 5) is 5.79. The van der Waals surface area contributed by atoms with Crippen LogP contribution >= 0.6 is 11.3 Å². The summed E-state index contributed by atoms with van der Waals surface area (Å²) in [5, 5.41) is 4.78. The molecule has 2 nitrogen and oxygen atoms in total. The Kier molecular flexibility index (Phi) is 6.40. The van der Waals surface area contributed by atoms with Gasteiger partial charge < -0.3 is 5.32 Å². The van der Waals surface area contributed by atoms with E-state index in [-0.39, 0.29) is 0 Å². The van der Waals surface area contributed by atoms with Crippen molar-refractivity contribution in [1.82, 2.24) is 10.3 Å². The lowest BCUT2D eigenvalue weighted by Crippen LogP contribution is -2.28. The van der Waals surface area contributed by atoms with Crippen molar-refractivity contribution in [3.63, 3.8) is 0 Å². The van der Waals surface area contributed by atoms with Crippen LogP contribution < -0.4 is 5.32 Å². The van der Waals surface area contributed by atoms with Gasteiger partial charge in [-0.25, -0.2) is 4.98 Å². The molecule has 1 unspecified atom stereocenters. The highest BCUT2D eigenvalue weighted by molar-refractivity contribution is 7.11. The summed E-state index contributed by atoms with van der Waals surface area (Å²) in [7, 11) is 0. The van der Waals surface area contributed by atoms with Crippen molar-refractivity contribution in [2.75, 3.05) is 13.1 Å². The van der Waals surface area contributed by atoms with Crippen LogP contribution in [0.15, 0.2) is 36.5 Å². The minimum atomic E-state index is 0.631. The van der Waals surface area contributed by atoms with Gasteiger partial charge in [0.2, 0.25) is 0 Å². The molecule has 2 aromatic rings. The number of nitrogens with one attached hydrogen (secondary N) is 1. The number of rotatable bonds is 8. The fraction of sp³-hybridized carbons (Fsp3) is 0.500. The van der Waals surface area contributed by atoms with E-state index in [2.05, 4.69) is 61.4 Å². The van der Waals surface area contributed by atoms with Gasteiger partial charge in [0.1, 0.15) is 0 Å². The van der Waals surface area contributed by atoms with Gasteiger partial charge >= 0.3 is 0 Å². The monoisotopic (exact) mass is 302 g/mol. The second-order valence-electron chi connectivity index (χ2n) is 6.16. The maximum absolute atomic E-state index is 4.38. The summed E-state index contributed by atoms with van der Waals surface area (Å²) in [6.07, 6.45) is 4.29. The van der Waals surface area contributed by atoms with Gasteiger partial charge in [-0.15, -0.1) is 11.3 Å². The van der Waals surface area contributed by atoms with E-state index < -0.39 is 0 Å². The number of aryl methyl sites for hydroxylation is 1. The van der Waals surface area contributed by atoms with Gasteiger partial charge in [-0.05, 0) is 50.3 Å². The molecule has 0 bridgehead atoms. The molecule has 1 aromatic carbocycles. The van der Waals surface area contributed by atoms with E-state index in [0.29, 0.717) is 11.8 Å². The summed E-state index contributed by atoms with van der Waals surface area (Å²) in [5.41, 5.74) is 1.43. The molecule has 3 heteroatoms. The molecule has 1 N–H and O–H groups in total. The second-order valence-corrected chi connectivity index (χ2v) is 7.48. The molecule has 0 aliphatic carbocycles. The predicted molar refractivity (Wildman–Crippen MR) is 91.9 cm³/mol. The molecular weight excluding hydrogens is 276 g/mol. The van der Waals surface area contributed by atoms with Crippen LogP contribution in [-0.2, 0) is 12.8 Å². The third kappa shape index (κ3) is 5.98. The number of hydrogen-bond donors (Lipinski definition) is 1. The fourth-order valence-corrected chi connectivity index (χ4v) is 3.43. The molecule has 0 amide bonds. The third-order valence-electron chi connectivity index (χ3n) is 3.51. The molecule has 21 heavy (non-hydrogen) atoms. The van der Waals surface area contributed by atoms with Gasteiger partial charge in [-0.1, -0.05) is 44.2 Å². The molecule has 1 heterocycles. The van der Waals surface area contributed by atoms with Gasteiger partial charge in [0.15, 0.2) is 0 Å². The van der Waals surface area contributed by atoms with Gasteiger partial charge in [0.25, 0.3) is 0 Å². The molecule has 0 saturated carbocycles. The zero-order chi connectivity index (χ0) is 15.1. The number of hydrogen-bond acceptors (Lipinski definition) is 3. The molecule has 1 aromatic heterocycles. The maximum Gasteiger partial charge on any atom is 0.0896 e. The molecule has 0 spiro atoms. The Bertz CT molecular complexity index is 519. The number of benzene rings is 1. The van der Waals surface area contributed by atoms with Crippen LogP contribution in [-0.4, -0.2) is 18.1 Å². The molecule has 0 aliphatic rings. The van der Waals surface area contributed by atoms with Crippen LogP contribution in [0.1, 0.15) is 29.3 Å². The third-order valence-corrected chi connectivity index (χ3v) is 4.45. The first kappa shape index (κ1) is 16.2. The topological polar surface area (TPSA) is 24.9 Å². The summed E-state index contributed by atoms with van der Waals surface area (Å²) in [5.74, 6) is 1.33. The second kappa shape index (κ2) is 8.30. The summed E-state index contributed by atoms with van der Waals surface area (Å²) < 4.78 is 0. The Morgan fingerprint density at radius 1 is 1.10 bits per heavy atom. The lowest BCUT2D eigenvalue weighted by Gasteiger charge is -2.18. The molecular formula is C18H26N2S. The molecule has 1 atom stereocenters. The number of nitrogens with zero attached hydrogens (tertiary/aromatic N) is 1. The van der Waals surface area contributed by atoms with Crippen LogP contribution in [0.5, 0.6) is 0 Å². The van der Waals surface area contributed by atoms with E-state index in [1.807, 2.05) is 17.5 Å². The van der Waals surface area contributed by atoms with E-state index in [0.717, 1.165) is 25.9 Å². The Morgan fingerprint density at radius 2 is 1.86 bits per heavy atom. The molecule has 0 saturated heterocycles. The summed E-state index contributed by atoms with van der Waals surface area (Å²) >= 11 is 1.83. The quantitative estimate of drug-likeness (QED) is 0.794. The summed E-state index contributed by atoms with van der Waals surface area (Å²) in [6.45, 7) is 8.76. The van der Waals surface area contributed by atoms with E-state index in [1.54, 1.807) is 0 Å². The van der Waals surface area contributed by atoms with E-state index in [9.17, 15) is 0 Å². The van der Waals surface area contributed by atoms with E-state index in [1.165, 1.54) is 15.4 Å². The number of thiazole rings is 1. The SMILES string of the molecule is Cc1ncc(CC(CNCC(C)C)Cc2ccccc2)s1. The molecule has 0 aliphatic heterocycles. The zero-order valence-corrected chi connectivity index (χ0v) is 14.1. The highest BCUT2D eigenvalue weighted by Crippen LogP contribution is 2.19. The normalized spacial score (nSPS) is 12.8. The van der Waals surface area contributed by atoms with Crippen LogP contribution in [0.3, 0.4) is 0 Å². The zero-order valence-electron chi connectivity index (χ0n) is 13.3. The van der Waals surface area contributed by atoms with Crippen molar-refractivity contribution < 1.29 is 0 Å². The minimum absolute atomic E-state index is 0.631.